The van der Waals surface area contributed by atoms with Gasteiger partial charge in [-0.25, -0.2) is 0 Å². The van der Waals surface area contributed by atoms with Crippen LogP contribution in [0.1, 0.15) is 46.5 Å². The van der Waals surface area contributed by atoms with Crippen molar-refractivity contribution in [1.82, 2.24) is 0 Å². The molecule has 0 heterocycles. The Balaban J connectivity index is 4.34. The highest BCUT2D eigenvalue weighted by Gasteiger charge is 2.42. The molecule has 0 saturated heterocycles. The van der Waals surface area contributed by atoms with Crippen LogP contribution >= 0.6 is 0 Å². The Kier molecular flexibility index (Phi) is 6.97. The second-order valence-electron chi connectivity index (χ2n) is 3.92. The van der Waals surface area contributed by atoms with Crippen LogP contribution in [0, 0.1) is 5.41 Å². The monoisotopic (exact) mass is 230 g/mol. The first-order valence-electron chi connectivity index (χ1n) is 5.89. The van der Waals surface area contributed by atoms with Crippen LogP contribution in [0.25, 0.3) is 0 Å². The predicted octanol–water partition coefficient (Wildman–Crippen LogP) is 2.26. The Morgan fingerprint density at radius 3 is 2.12 bits per heavy atom. The van der Waals surface area contributed by atoms with Gasteiger partial charge in [0.1, 0.15) is 12.0 Å². The van der Waals surface area contributed by atoms with E-state index in [1.165, 1.54) is 0 Å². The lowest BCUT2D eigenvalue weighted by atomic mass is 9.78. The Bertz CT molecular complexity index is 231. The van der Waals surface area contributed by atoms with E-state index >= 15 is 0 Å². The second-order valence-corrected chi connectivity index (χ2v) is 3.92. The van der Waals surface area contributed by atoms with Gasteiger partial charge in [-0.1, -0.05) is 27.2 Å². The van der Waals surface area contributed by atoms with Crippen LogP contribution in [0.4, 0.5) is 0 Å². The third-order valence-electron chi connectivity index (χ3n) is 3.03. The lowest BCUT2D eigenvalue weighted by Crippen LogP contribution is -2.40. The second kappa shape index (κ2) is 7.39. The van der Waals surface area contributed by atoms with E-state index in [1.807, 2.05) is 6.92 Å². The topological polar surface area (TPSA) is 63.6 Å². The summed E-state index contributed by atoms with van der Waals surface area (Å²) in [4.78, 5) is 23.0. The summed E-state index contributed by atoms with van der Waals surface area (Å²) < 4.78 is 5.18. The standard InChI is InChI=1S/C12H22O4/c1-4-7-8-16-9-10(13)12(5-2,6-3)11(14)15/h4-9H2,1-3H3,(H,14,15). The first-order chi connectivity index (χ1) is 7.55. The molecule has 16 heavy (non-hydrogen) atoms. The molecule has 0 radical (unpaired) electrons. The van der Waals surface area contributed by atoms with Crippen LogP contribution in [0.3, 0.4) is 0 Å². The van der Waals surface area contributed by atoms with Crippen molar-refractivity contribution < 1.29 is 19.4 Å². The predicted molar refractivity (Wildman–Crippen MR) is 61.4 cm³/mol. The van der Waals surface area contributed by atoms with Crippen LogP contribution in [0.2, 0.25) is 0 Å². The fourth-order valence-electron chi connectivity index (χ4n) is 1.62. The maximum atomic E-state index is 11.8. The molecule has 0 spiro atoms. The van der Waals surface area contributed by atoms with Gasteiger partial charge in [0.05, 0.1) is 0 Å². The molecule has 0 atom stereocenters. The molecule has 94 valence electrons. The van der Waals surface area contributed by atoms with Crippen molar-refractivity contribution in [2.75, 3.05) is 13.2 Å². The largest absolute Gasteiger partial charge is 0.480 e. The van der Waals surface area contributed by atoms with E-state index in [4.69, 9.17) is 9.84 Å². The molecular formula is C12H22O4. The number of hydrogen-bond acceptors (Lipinski definition) is 3. The molecule has 0 rings (SSSR count). The van der Waals surface area contributed by atoms with Gasteiger partial charge in [-0.2, -0.15) is 0 Å². The molecule has 0 aromatic carbocycles. The number of aliphatic carboxylic acids is 1. The molecular weight excluding hydrogens is 208 g/mol. The number of Topliss-reactive ketones (excluding diaryl/α,β-unsaturated/α-hetero) is 1. The van der Waals surface area contributed by atoms with Crippen LogP contribution in [0.5, 0.6) is 0 Å². The summed E-state index contributed by atoms with van der Waals surface area (Å²) >= 11 is 0. The average Bonchev–Trinajstić information content (AvgIpc) is 2.26. The van der Waals surface area contributed by atoms with Gasteiger partial charge < -0.3 is 9.84 Å². The van der Waals surface area contributed by atoms with Gasteiger partial charge in [-0.05, 0) is 19.3 Å². The minimum absolute atomic E-state index is 0.0893. The van der Waals surface area contributed by atoms with Gasteiger partial charge in [0, 0.05) is 6.61 Å². The zero-order valence-corrected chi connectivity index (χ0v) is 10.4. The van der Waals surface area contributed by atoms with Gasteiger partial charge in [0.15, 0.2) is 5.78 Å². The van der Waals surface area contributed by atoms with Crippen molar-refractivity contribution in [2.24, 2.45) is 5.41 Å². The van der Waals surface area contributed by atoms with E-state index in [1.54, 1.807) is 13.8 Å². The van der Waals surface area contributed by atoms with E-state index in [-0.39, 0.29) is 12.4 Å². The zero-order valence-electron chi connectivity index (χ0n) is 10.4. The van der Waals surface area contributed by atoms with Gasteiger partial charge in [0.25, 0.3) is 0 Å². The average molecular weight is 230 g/mol. The minimum Gasteiger partial charge on any atom is -0.480 e. The number of hydrogen-bond donors (Lipinski definition) is 1. The highest BCUT2D eigenvalue weighted by atomic mass is 16.5. The van der Waals surface area contributed by atoms with E-state index in [0.717, 1.165) is 12.8 Å². The van der Waals surface area contributed by atoms with Gasteiger partial charge in [-0.15, -0.1) is 0 Å². The molecule has 0 aliphatic rings. The molecule has 0 amide bonds. The SMILES string of the molecule is CCCCOCC(=O)C(CC)(CC)C(=O)O. The van der Waals surface area contributed by atoms with Crippen molar-refractivity contribution >= 4 is 11.8 Å². The maximum absolute atomic E-state index is 11.8. The highest BCUT2D eigenvalue weighted by molar-refractivity contribution is 6.03. The first-order valence-corrected chi connectivity index (χ1v) is 5.89. The summed E-state index contributed by atoms with van der Waals surface area (Å²) in [7, 11) is 0. The molecule has 0 saturated carbocycles. The number of unbranched alkanes of at least 4 members (excludes halogenated alkanes) is 1. The summed E-state index contributed by atoms with van der Waals surface area (Å²) in [6.07, 6.45) is 2.52. The molecule has 0 aromatic rings. The fourth-order valence-corrected chi connectivity index (χ4v) is 1.62. The Morgan fingerprint density at radius 1 is 1.19 bits per heavy atom. The Morgan fingerprint density at radius 2 is 1.75 bits per heavy atom. The Labute approximate surface area is 97.0 Å². The number of carboxylic acids is 1. The van der Waals surface area contributed by atoms with Gasteiger partial charge >= 0.3 is 5.97 Å². The summed E-state index contributed by atoms with van der Waals surface area (Å²) in [5.41, 5.74) is -1.26. The first kappa shape index (κ1) is 15.1. The molecule has 0 unspecified atom stereocenters. The number of ether oxygens (including phenoxy) is 1. The van der Waals surface area contributed by atoms with Crippen molar-refractivity contribution in [1.29, 1.82) is 0 Å². The molecule has 0 aliphatic carbocycles. The van der Waals surface area contributed by atoms with Crippen LogP contribution in [-0.2, 0) is 14.3 Å². The number of ketones is 1. The number of carbonyl (C=O) groups excluding carboxylic acids is 1. The third kappa shape index (κ3) is 3.59. The van der Waals surface area contributed by atoms with Crippen molar-refractivity contribution in [2.45, 2.75) is 46.5 Å². The maximum Gasteiger partial charge on any atom is 0.317 e. The van der Waals surface area contributed by atoms with E-state index in [9.17, 15) is 9.59 Å². The quantitative estimate of drug-likeness (QED) is 0.487. The molecule has 0 bridgehead atoms. The van der Waals surface area contributed by atoms with Crippen LogP contribution < -0.4 is 0 Å². The molecule has 0 aliphatic heterocycles. The summed E-state index contributed by atoms with van der Waals surface area (Å²) in [5.74, 6) is -1.36. The fraction of sp³-hybridized carbons (Fsp3) is 0.833. The molecule has 4 nitrogen and oxygen atoms in total. The number of carboxylic acid groups (broad SMARTS) is 1. The normalized spacial score (nSPS) is 11.4. The minimum atomic E-state index is -1.26. The lowest BCUT2D eigenvalue weighted by molar-refractivity contribution is -0.157. The van der Waals surface area contributed by atoms with E-state index in [2.05, 4.69) is 0 Å². The molecule has 0 fully saturated rings. The molecule has 4 heteroatoms. The van der Waals surface area contributed by atoms with E-state index < -0.39 is 11.4 Å². The molecule has 1 N–H and O–H groups in total. The van der Waals surface area contributed by atoms with Gasteiger partial charge in [0.2, 0.25) is 0 Å². The summed E-state index contributed by atoms with van der Waals surface area (Å²) in [5, 5.41) is 9.12. The lowest BCUT2D eigenvalue weighted by Gasteiger charge is -2.24. The van der Waals surface area contributed by atoms with Crippen molar-refractivity contribution in [3.8, 4) is 0 Å². The Hall–Kier alpha value is -0.900. The van der Waals surface area contributed by atoms with Crippen LogP contribution in [-0.4, -0.2) is 30.1 Å². The van der Waals surface area contributed by atoms with Crippen LogP contribution in [0.15, 0.2) is 0 Å². The molecule has 0 aromatic heterocycles. The summed E-state index contributed by atoms with van der Waals surface area (Å²) in [6.45, 7) is 5.91. The van der Waals surface area contributed by atoms with Gasteiger partial charge in [-0.3, -0.25) is 9.59 Å². The highest BCUT2D eigenvalue weighted by Crippen LogP contribution is 2.28. The number of rotatable bonds is 9. The zero-order chi connectivity index (χ0) is 12.6. The third-order valence-corrected chi connectivity index (χ3v) is 3.03. The smallest absolute Gasteiger partial charge is 0.317 e. The van der Waals surface area contributed by atoms with Crippen molar-refractivity contribution in [3.05, 3.63) is 0 Å². The summed E-state index contributed by atoms with van der Waals surface area (Å²) in [6, 6.07) is 0. The van der Waals surface area contributed by atoms with Crippen molar-refractivity contribution in [3.63, 3.8) is 0 Å². The number of carbonyl (C=O) groups is 2. The van der Waals surface area contributed by atoms with E-state index in [0.29, 0.717) is 19.4 Å².